The van der Waals surface area contributed by atoms with Crippen LogP contribution in [0.25, 0.3) is 0 Å². The van der Waals surface area contributed by atoms with Crippen LogP contribution in [0.1, 0.15) is 39.5 Å². The van der Waals surface area contributed by atoms with E-state index in [4.69, 9.17) is 4.74 Å². The van der Waals surface area contributed by atoms with Crippen molar-refractivity contribution in [3.05, 3.63) is 0 Å². The molecule has 1 aliphatic rings. The Kier molecular flexibility index (Phi) is 7.28. The predicted octanol–water partition coefficient (Wildman–Crippen LogP) is 1.21. The Bertz CT molecular complexity index is 338. The zero-order valence-electron chi connectivity index (χ0n) is 12.4. The summed E-state index contributed by atoms with van der Waals surface area (Å²) in [7, 11) is -1.51. The summed E-state index contributed by atoms with van der Waals surface area (Å²) >= 11 is 0. The molecule has 0 spiro atoms. The molecule has 6 heteroatoms. The molecule has 1 N–H and O–H groups in total. The molecule has 0 saturated carbocycles. The van der Waals surface area contributed by atoms with Gasteiger partial charge in [-0.2, -0.15) is 0 Å². The molecule has 1 saturated heterocycles. The molecule has 0 aromatic heterocycles. The van der Waals surface area contributed by atoms with Crippen LogP contribution in [-0.4, -0.2) is 57.4 Å². The monoisotopic (exact) mass is 292 g/mol. The highest BCUT2D eigenvalue weighted by Gasteiger charge is 2.21. The van der Waals surface area contributed by atoms with Gasteiger partial charge >= 0.3 is 0 Å². The number of hydrogen-bond donors (Lipinski definition) is 1. The second-order valence-electron chi connectivity index (χ2n) is 5.49. The Morgan fingerprint density at radius 3 is 2.68 bits per heavy atom. The van der Waals surface area contributed by atoms with E-state index in [0.717, 1.165) is 13.0 Å². The van der Waals surface area contributed by atoms with Crippen molar-refractivity contribution in [3.63, 3.8) is 0 Å². The van der Waals surface area contributed by atoms with Crippen LogP contribution in [0.2, 0.25) is 0 Å². The van der Waals surface area contributed by atoms with Crippen LogP contribution >= 0.6 is 0 Å². The third-order valence-corrected chi connectivity index (χ3v) is 5.35. The minimum atomic E-state index is -3.14. The number of sulfonamides is 1. The SMILES string of the molecule is CC(C)OCCN(C)S(=O)(=O)CCC1CCCCN1. The van der Waals surface area contributed by atoms with Crippen molar-refractivity contribution in [2.24, 2.45) is 0 Å². The van der Waals surface area contributed by atoms with Gasteiger partial charge in [0, 0.05) is 19.6 Å². The van der Waals surface area contributed by atoms with Gasteiger partial charge in [0.25, 0.3) is 0 Å². The number of piperidine rings is 1. The van der Waals surface area contributed by atoms with E-state index in [1.807, 2.05) is 13.8 Å². The molecule has 5 nitrogen and oxygen atoms in total. The fourth-order valence-electron chi connectivity index (χ4n) is 2.17. The summed E-state index contributed by atoms with van der Waals surface area (Å²) < 4.78 is 31.0. The summed E-state index contributed by atoms with van der Waals surface area (Å²) in [5.74, 6) is 0.225. The molecular formula is C13H28N2O3S. The molecule has 0 aliphatic carbocycles. The number of nitrogens with one attached hydrogen (secondary N) is 1. The van der Waals surface area contributed by atoms with Gasteiger partial charge in [0.05, 0.1) is 18.5 Å². The standard InChI is InChI=1S/C13H28N2O3S/c1-12(2)18-10-9-15(3)19(16,17)11-7-13-6-4-5-8-14-13/h12-14H,4-11H2,1-3H3. The third kappa shape index (κ3) is 6.70. The van der Waals surface area contributed by atoms with Crippen LogP contribution in [0.4, 0.5) is 0 Å². The van der Waals surface area contributed by atoms with Gasteiger partial charge in [-0.25, -0.2) is 12.7 Å². The number of hydrogen-bond acceptors (Lipinski definition) is 4. The van der Waals surface area contributed by atoms with Crippen LogP contribution in [0.5, 0.6) is 0 Å². The van der Waals surface area contributed by atoms with Crippen molar-refractivity contribution in [1.82, 2.24) is 9.62 Å². The topological polar surface area (TPSA) is 58.6 Å². The molecule has 0 amide bonds. The van der Waals surface area contributed by atoms with Gasteiger partial charge in [-0.15, -0.1) is 0 Å². The maximum atomic E-state index is 12.1. The number of ether oxygens (including phenoxy) is 1. The molecule has 114 valence electrons. The first-order chi connectivity index (χ1) is 8.92. The molecule has 1 atom stereocenters. The van der Waals surface area contributed by atoms with Crippen molar-refractivity contribution >= 4 is 10.0 Å². The van der Waals surface area contributed by atoms with E-state index in [0.29, 0.717) is 25.6 Å². The lowest BCUT2D eigenvalue weighted by Crippen LogP contribution is -2.38. The Labute approximate surface area is 117 Å². The average Bonchev–Trinajstić information content (AvgIpc) is 2.37. The minimum Gasteiger partial charge on any atom is -0.377 e. The van der Waals surface area contributed by atoms with E-state index in [-0.39, 0.29) is 11.9 Å². The molecule has 0 aromatic carbocycles. The highest BCUT2D eigenvalue weighted by molar-refractivity contribution is 7.89. The molecule has 1 rings (SSSR count). The largest absolute Gasteiger partial charge is 0.377 e. The van der Waals surface area contributed by atoms with Crippen molar-refractivity contribution < 1.29 is 13.2 Å². The Morgan fingerprint density at radius 1 is 1.37 bits per heavy atom. The van der Waals surface area contributed by atoms with E-state index in [1.54, 1.807) is 7.05 Å². The molecular weight excluding hydrogens is 264 g/mol. The van der Waals surface area contributed by atoms with Crippen LogP contribution < -0.4 is 5.32 Å². The lowest BCUT2D eigenvalue weighted by molar-refractivity contribution is 0.0737. The van der Waals surface area contributed by atoms with E-state index < -0.39 is 10.0 Å². The zero-order chi connectivity index (χ0) is 14.3. The van der Waals surface area contributed by atoms with Gasteiger partial charge in [0.1, 0.15) is 0 Å². The van der Waals surface area contributed by atoms with E-state index >= 15 is 0 Å². The van der Waals surface area contributed by atoms with Crippen LogP contribution in [0.3, 0.4) is 0 Å². The lowest BCUT2D eigenvalue weighted by Gasteiger charge is -2.24. The molecule has 0 radical (unpaired) electrons. The Hall–Kier alpha value is -0.170. The molecule has 1 fully saturated rings. The second-order valence-corrected chi connectivity index (χ2v) is 7.69. The third-order valence-electron chi connectivity index (χ3n) is 3.47. The molecule has 0 bridgehead atoms. The fraction of sp³-hybridized carbons (Fsp3) is 1.00. The predicted molar refractivity (Wildman–Crippen MR) is 77.8 cm³/mol. The highest BCUT2D eigenvalue weighted by Crippen LogP contribution is 2.12. The first-order valence-corrected chi connectivity index (χ1v) is 8.81. The molecule has 1 heterocycles. The number of rotatable bonds is 8. The normalized spacial score (nSPS) is 21.2. The minimum absolute atomic E-state index is 0.141. The maximum Gasteiger partial charge on any atom is 0.213 e. The Morgan fingerprint density at radius 2 is 2.11 bits per heavy atom. The van der Waals surface area contributed by atoms with Crippen molar-refractivity contribution in [2.45, 2.75) is 51.7 Å². The lowest BCUT2D eigenvalue weighted by atomic mass is 10.0. The fourth-order valence-corrected chi connectivity index (χ4v) is 3.42. The van der Waals surface area contributed by atoms with Gasteiger partial charge in [-0.3, -0.25) is 0 Å². The van der Waals surface area contributed by atoms with E-state index in [2.05, 4.69) is 5.32 Å². The summed E-state index contributed by atoms with van der Waals surface area (Å²) in [6.45, 7) is 5.79. The molecule has 1 unspecified atom stereocenters. The molecule has 0 aromatic rings. The average molecular weight is 292 g/mol. The number of nitrogens with zero attached hydrogens (tertiary/aromatic N) is 1. The van der Waals surface area contributed by atoms with E-state index in [9.17, 15) is 8.42 Å². The van der Waals surface area contributed by atoms with Crippen molar-refractivity contribution in [3.8, 4) is 0 Å². The molecule has 1 aliphatic heterocycles. The molecule has 19 heavy (non-hydrogen) atoms. The smallest absolute Gasteiger partial charge is 0.213 e. The van der Waals surface area contributed by atoms with Gasteiger partial charge in [0.15, 0.2) is 0 Å². The summed E-state index contributed by atoms with van der Waals surface area (Å²) in [5, 5.41) is 3.38. The van der Waals surface area contributed by atoms with Gasteiger partial charge in [-0.05, 0) is 39.7 Å². The number of likely N-dealkylation sites (N-methyl/N-ethyl adjacent to an activating group) is 1. The summed E-state index contributed by atoms with van der Waals surface area (Å²) in [6, 6.07) is 0.365. The van der Waals surface area contributed by atoms with Crippen molar-refractivity contribution in [1.29, 1.82) is 0 Å². The first-order valence-electron chi connectivity index (χ1n) is 7.21. The second kappa shape index (κ2) is 8.19. The Balaban J connectivity index is 2.28. The zero-order valence-corrected chi connectivity index (χ0v) is 13.2. The quantitative estimate of drug-likeness (QED) is 0.730. The van der Waals surface area contributed by atoms with Crippen LogP contribution in [-0.2, 0) is 14.8 Å². The van der Waals surface area contributed by atoms with Gasteiger partial charge in [-0.1, -0.05) is 6.42 Å². The van der Waals surface area contributed by atoms with Gasteiger partial charge in [0.2, 0.25) is 10.0 Å². The van der Waals surface area contributed by atoms with E-state index in [1.165, 1.54) is 17.1 Å². The summed E-state index contributed by atoms with van der Waals surface area (Å²) in [6.07, 6.45) is 4.35. The highest BCUT2D eigenvalue weighted by atomic mass is 32.2. The van der Waals surface area contributed by atoms with Crippen molar-refractivity contribution in [2.75, 3.05) is 32.5 Å². The van der Waals surface area contributed by atoms with Crippen LogP contribution in [0, 0.1) is 0 Å². The van der Waals surface area contributed by atoms with Gasteiger partial charge < -0.3 is 10.1 Å². The first kappa shape index (κ1) is 16.9. The summed E-state index contributed by atoms with van der Waals surface area (Å²) in [5.41, 5.74) is 0. The maximum absolute atomic E-state index is 12.1. The summed E-state index contributed by atoms with van der Waals surface area (Å²) in [4.78, 5) is 0. The van der Waals surface area contributed by atoms with Crippen LogP contribution in [0.15, 0.2) is 0 Å².